The van der Waals surface area contributed by atoms with Crippen molar-refractivity contribution in [3.63, 3.8) is 0 Å². The van der Waals surface area contributed by atoms with Crippen LogP contribution in [0.4, 0.5) is 0 Å². The van der Waals surface area contributed by atoms with Crippen LogP contribution < -0.4 is 5.73 Å². The molecule has 0 fully saturated rings. The Kier molecular flexibility index (Phi) is 2.19. The molecule has 0 aromatic carbocycles. The van der Waals surface area contributed by atoms with Crippen LogP contribution in [0.25, 0.3) is 0 Å². The Labute approximate surface area is 59.9 Å². The van der Waals surface area contributed by atoms with Crippen molar-refractivity contribution in [2.24, 2.45) is 5.73 Å². The fraction of sp³-hybridized carbons (Fsp3) is 0.333. The molecule has 1 aromatic heterocycles. The average Bonchev–Trinajstić information content (AvgIpc) is 2.37. The van der Waals surface area contributed by atoms with Crippen molar-refractivity contribution in [3.05, 3.63) is 24.0 Å². The molecule has 3 N–H and O–H groups in total. The zero-order valence-corrected chi connectivity index (χ0v) is 5.94. The van der Waals surface area contributed by atoms with E-state index in [0.29, 0.717) is 5.75 Å². The minimum Gasteiger partial charge on any atom is -0.364 e. The zero-order valence-electron chi connectivity index (χ0n) is 5.04. The molecule has 0 aliphatic carbocycles. The Bertz CT molecular complexity index is 160. The lowest BCUT2D eigenvalue weighted by Gasteiger charge is -2.03. The van der Waals surface area contributed by atoms with Crippen molar-refractivity contribution in [1.29, 1.82) is 0 Å². The monoisotopic (exact) mass is 142 g/mol. The standard InChI is InChI=1S/C6H10N2S/c7-5(4-9)6-2-1-3-8-6/h1-3,5,8-9H,4,7H2. The third-order valence-electron chi connectivity index (χ3n) is 1.22. The molecule has 2 nitrogen and oxygen atoms in total. The van der Waals surface area contributed by atoms with E-state index >= 15 is 0 Å². The van der Waals surface area contributed by atoms with Crippen molar-refractivity contribution in [3.8, 4) is 0 Å². The van der Waals surface area contributed by atoms with Gasteiger partial charge in [0.2, 0.25) is 0 Å². The SMILES string of the molecule is NC(CS)c1ccc[nH]1. The van der Waals surface area contributed by atoms with Crippen molar-refractivity contribution < 1.29 is 0 Å². The largest absolute Gasteiger partial charge is 0.364 e. The van der Waals surface area contributed by atoms with Gasteiger partial charge in [0.1, 0.15) is 0 Å². The fourth-order valence-corrected chi connectivity index (χ4v) is 0.870. The van der Waals surface area contributed by atoms with E-state index in [-0.39, 0.29) is 6.04 Å². The molecule has 50 valence electrons. The molecule has 0 saturated carbocycles. The smallest absolute Gasteiger partial charge is 0.0537 e. The minimum atomic E-state index is 0.0448. The third kappa shape index (κ3) is 1.50. The van der Waals surface area contributed by atoms with Gasteiger partial charge < -0.3 is 10.7 Å². The number of hydrogen-bond donors (Lipinski definition) is 3. The molecule has 0 radical (unpaired) electrons. The maximum atomic E-state index is 5.63. The Morgan fingerprint density at radius 2 is 2.56 bits per heavy atom. The highest BCUT2D eigenvalue weighted by Gasteiger charge is 2.01. The van der Waals surface area contributed by atoms with Crippen LogP contribution in [0.5, 0.6) is 0 Å². The first-order valence-corrected chi connectivity index (χ1v) is 3.47. The first-order valence-electron chi connectivity index (χ1n) is 2.84. The molecule has 0 bridgehead atoms. The van der Waals surface area contributed by atoms with Crippen LogP contribution in [0.15, 0.2) is 18.3 Å². The van der Waals surface area contributed by atoms with Crippen molar-refractivity contribution in [2.75, 3.05) is 5.75 Å². The fourth-order valence-electron chi connectivity index (χ4n) is 0.673. The quantitative estimate of drug-likeness (QED) is 0.529. The normalized spacial score (nSPS) is 13.6. The number of nitrogens with two attached hydrogens (primary N) is 1. The van der Waals surface area contributed by atoms with Gasteiger partial charge in [-0.05, 0) is 12.1 Å². The first kappa shape index (κ1) is 6.71. The van der Waals surface area contributed by atoms with Gasteiger partial charge in [0.25, 0.3) is 0 Å². The van der Waals surface area contributed by atoms with Gasteiger partial charge in [-0.15, -0.1) is 0 Å². The van der Waals surface area contributed by atoms with Gasteiger partial charge in [-0.2, -0.15) is 12.6 Å². The number of thiol groups is 1. The van der Waals surface area contributed by atoms with Gasteiger partial charge in [-0.3, -0.25) is 0 Å². The summed E-state index contributed by atoms with van der Waals surface area (Å²) >= 11 is 4.06. The minimum absolute atomic E-state index is 0.0448. The Balaban J connectivity index is 2.65. The average molecular weight is 142 g/mol. The summed E-state index contributed by atoms with van der Waals surface area (Å²) in [5.41, 5.74) is 6.68. The lowest BCUT2D eigenvalue weighted by Crippen LogP contribution is -2.11. The number of aromatic amines is 1. The summed E-state index contributed by atoms with van der Waals surface area (Å²) in [5, 5.41) is 0. The van der Waals surface area contributed by atoms with Gasteiger partial charge in [0.15, 0.2) is 0 Å². The van der Waals surface area contributed by atoms with Crippen LogP contribution in [0.2, 0.25) is 0 Å². The molecule has 0 amide bonds. The highest BCUT2D eigenvalue weighted by atomic mass is 32.1. The maximum absolute atomic E-state index is 5.63. The molecule has 0 saturated heterocycles. The topological polar surface area (TPSA) is 41.8 Å². The molecule has 0 spiro atoms. The highest BCUT2D eigenvalue weighted by molar-refractivity contribution is 7.80. The van der Waals surface area contributed by atoms with Crippen molar-refractivity contribution >= 4 is 12.6 Å². The molecule has 9 heavy (non-hydrogen) atoms. The van der Waals surface area contributed by atoms with E-state index in [1.165, 1.54) is 0 Å². The molecular formula is C6H10N2S. The summed E-state index contributed by atoms with van der Waals surface area (Å²) in [6.45, 7) is 0. The van der Waals surface area contributed by atoms with E-state index in [2.05, 4.69) is 17.6 Å². The Morgan fingerprint density at radius 3 is 3.00 bits per heavy atom. The predicted octanol–water partition coefficient (Wildman–Crippen LogP) is 0.944. The van der Waals surface area contributed by atoms with Crippen LogP contribution in [-0.4, -0.2) is 10.7 Å². The number of nitrogens with one attached hydrogen (secondary N) is 1. The van der Waals surface area contributed by atoms with E-state index in [1.807, 2.05) is 18.3 Å². The second kappa shape index (κ2) is 2.94. The van der Waals surface area contributed by atoms with Crippen molar-refractivity contribution in [2.45, 2.75) is 6.04 Å². The molecular weight excluding hydrogens is 132 g/mol. The molecule has 3 heteroatoms. The van der Waals surface area contributed by atoms with E-state index in [0.717, 1.165) is 5.69 Å². The van der Waals surface area contributed by atoms with Gasteiger partial charge in [0.05, 0.1) is 6.04 Å². The van der Waals surface area contributed by atoms with Gasteiger partial charge >= 0.3 is 0 Å². The highest BCUT2D eigenvalue weighted by Crippen LogP contribution is 2.06. The van der Waals surface area contributed by atoms with Crippen LogP contribution >= 0.6 is 12.6 Å². The van der Waals surface area contributed by atoms with Gasteiger partial charge in [0, 0.05) is 17.6 Å². The summed E-state index contributed by atoms with van der Waals surface area (Å²) < 4.78 is 0. The molecule has 1 unspecified atom stereocenters. The second-order valence-electron chi connectivity index (χ2n) is 1.91. The van der Waals surface area contributed by atoms with Crippen LogP contribution in [0, 0.1) is 0 Å². The van der Waals surface area contributed by atoms with Crippen molar-refractivity contribution in [1.82, 2.24) is 4.98 Å². The summed E-state index contributed by atoms with van der Waals surface area (Å²) in [5.74, 6) is 0.681. The van der Waals surface area contributed by atoms with Crippen LogP contribution in [0.1, 0.15) is 11.7 Å². The predicted molar refractivity (Wildman–Crippen MR) is 41.6 cm³/mol. The maximum Gasteiger partial charge on any atom is 0.0537 e. The number of hydrogen-bond acceptors (Lipinski definition) is 2. The van der Waals surface area contributed by atoms with Gasteiger partial charge in [-0.25, -0.2) is 0 Å². The lowest BCUT2D eigenvalue weighted by molar-refractivity contribution is 0.804. The summed E-state index contributed by atoms with van der Waals surface area (Å²) in [6.07, 6.45) is 1.86. The van der Waals surface area contributed by atoms with Crippen LogP contribution in [0.3, 0.4) is 0 Å². The Morgan fingerprint density at radius 1 is 1.78 bits per heavy atom. The number of H-pyrrole nitrogens is 1. The molecule has 0 aliphatic heterocycles. The van der Waals surface area contributed by atoms with E-state index in [1.54, 1.807) is 0 Å². The molecule has 0 aliphatic rings. The molecule has 1 rings (SSSR count). The summed E-state index contributed by atoms with van der Waals surface area (Å²) in [6, 6.07) is 3.93. The third-order valence-corrected chi connectivity index (χ3v) is 1.61. The lowest BCUT2D eigenvalue weighted by atomic mass is 10.3. The number of rotatable bonds is 2. The number of aromatic nitrogens is 1. The summed E-state index contributed by atoms with van der Waals surface area (Å²) in [4.78, 5) is 3.01. The van der Waals surface area contributed by atoms with E-state index < -0.39 is 0 Å². The molecule has 1 heterocycles. The Hall–Kier alpha value is -0.410. The second-order valence-corrected chi connectivity index (χ2v) is 2.28. The van der Waals surface area contributed by atoms with E-state index in [9.17, 15) is 0 Å². The molecule has 1 aromatic rings. The zero-order chi connectivity index (χ0) is 6.69. The van der Waals surface area contributed by atoms with E-state index in [4.69, 9.17) is 5.73 Å². The summed E-state index contributed by atoms with van der Waals surface area (Å²) in [7, 11) is 0. The first-order chi connectivity index (χ1) is 4.34. The molecule has 1 atom stereocenters. The van der Waals surface area contributed by atoms with Gasteiger partial charge in [-0.1, -0.05) is 0 Å². The van der Waals surface area contributed by atoms with Crippen LogP contribution in [-0.2, 0) is 0 Å².